The van der Waals surface area contributed by atoms with Crippen molar-refractivity contribution in [2.75, 3.05) is 55.6 Å². The van der Waals surface area contributed by atoms with Crippen molar-refractivity contribution in [2.24, 2.45) is 11.7 Å². The zero-order valence-electron chi connectivity index (χ0n) is 22.8. The Morgan fingerprint density at radius 1 is 1.05 bits per heavy atom. The van der Waals surface area contributed by atoms with Gasteiger partial charge in [0.15, 0.2) is 0 Å². The quantitative estimate of drug-likeness (QED) is 0.221. The molecule has 0 unspecified atom stereocenters. The highest BCUT2D eigenvalue weighted by Crippen LogP contribution is 2.45. The summed E-state index contributed by atoms with van der Waals surface area (Å²) in [6, 6.07) is 11.3. The monoisotopic (exact) mass is 592 g/mol. The molecule has 7 nitrogen and oxygen atoms in total. The summed E-state index contributed by atoms with van der Waals surface area (Å²) in [5.74, 6) is -2.95. The van der Waals surface area contributed by atoms with Crippen LogP contribution in [0.25, 0.3) is 0 Å². The van der Waals surface area contributed by atoms with Crippen LogP contribution in [0.15, 0.2) is 41.3 Å². The summed E-state index contributed by atoms with van der Waals surface area (Å²) in [4.78, 5) is 21.4. The summed E-state index contributed by atoms with van der Waals surface area (Å²) in [5.41, 5.74) is 6.47. The zero-order valence-corrected chi connectivity index (χ0v) is 24.4. The van der Waals surface area contributed by atoms with Gasteiger partial charge in [-0.05, 0) is 100.0 Å². The summed E-state index contributed by atoms with van der Waals surface area (Å²) < 4.78 is 33.6. The number of rotatable bonds is 10. The molecule has 3 aliphatic rings. The van der Waals surface area contributed by atoms with E-state index in [1.165, 1.54) is 6.07 Å². The van der Waals surface area contributed by atoms with Gasteiger partial charge in [-0.25, -0.2) is 18.1 Å². The van der Waals surface area contributed by atoms with Gasteiger partial charge < -0.3 is 20.9 Å². The van der Waals surface area contributed by atoms with Crippen LogP contribution < -0.4 is 20.9 Å². The predicted octanol–water partition coefficient (Wildman–Crippen LogP) is 5.28. The molecule has 1 aliphatic carbocycles. The van der Waals surface area contributed by atoms with Crippen LogP contribution >= 0.6 is 23.5 Å². The van der Waals surface area contributed by atoms with E-state index in [-0.39, 0.29) is 22.7 Å². The maximum absolute atomic E-state index is 15.7. The number of alkyl halides is 2. The Balaban J connectivity index is 1.15. The van der Waals surface area contributed by atoms with Crippen molar-refractivity contribution >= 4 is 41.0 Å². The van der Waals surface area contributed by atoms with Gasteiger partial charge in [0.2, 0.25) is 5.91 Å². The fourth-order valence-corrected chi connectivity index (χ4v) is 7.01. The summed E-state index contributed by atoms with van der Waals surface area (Å²) >= 11 is 7.96. The number of hydrogen-bond acceptors (Lipinski definition) is 7. The molecule has 3 fully saturated rings. The Morgan fingerprint density at radius 2 is 1.77 bits per heavy atom. The van der Waals surface area contributed by atoms with Crippen molar-refractivity contribution in [3.05, 3.63) is 47.1 Å². The van der Waals surface area contributed by atoms with E-state index in [0.29, 0.717) is 44.7 Å². The molecule has 2 aromatic rings. The lowest BCUT2D eigenvalue weighted by molar-refractivity contribution is -0.117. The van der Waals surface area contributed by atoms with E-state index in [1.54, 1.807) is 18.0 Å². The van der Waals surface area contributed by atoms with Gasteiger partial charge in [-0.3, -0.25) is 4.79 Å². The second kappa shape index (κ2) is 13.3. The van der Waals surface area contributed by atoms with Crippen molar-refractivity contribution in [1.82, 2.24) is 14.6 Å². The van der Waals surface area contributed by atoms with Crippen LogP contribution in [0.4, 0.5) is 20.3 Å². The topological polar surface area (TPSA) is 77.7 Å². The number of nitrogens with one attached hydrogen (secondary N) is 1. The van der Waals surface area contributed by atoms with E-state index < -0.39 is 11.8 Å². The SMILES string of the molecule is NCCCNC1CCC(C(F)(F)c2cc(Cl)nc(N3CCN(Sc4ccc(N5CCCC5=O)cc4)CC3)c2)CC1. The van der Waals surface area contributed by atoms with E-state index in [4.69, 9.17) is 17.3 Å². The molecule has 11 heteroatoms. The maximum atomic E-state index is 15.7. The van der Waals surface area contributed by atoms with Crippen LogP contribution in [0.2, 0.25) is 5.15 Å². The highest BCUT2D eigenvalue weighted by Gasteiger charge is 2.43. The summed E-state index contributed by atoms with van der Waals surface area (Å²) in [6.45, 7) is 5.13. The van der Waals surface area contributed by atoms with Crippen molar-refractivity contribution in [3.63, 3.8) is 0 Å². The normalized spacial score (nSPS) is 22.8. The van der Waals surface area contributed by atoms with E-state index >= 15 is 8.78 Å². The molecule has 0 atom stereocenters. The molecule has 0 spiro atoms. The van der Waals surface area contributed by atoms with Crippen LogP contribution in [-0.2, 0) is 10.7 Å². The molecule has 1 amide bonds. The lowest BCUT2D eigenvalue weighted by Crippen LogP contribution is -2.44. The molecule has 3 heterocycles. The second-order valence-corrected chi connectivity index (χ2v) is 12.5. The minimum atomic E-state index is -2.95. The van der Waals surface area contributed by atoms with Gasteiger partial charge in [0, 0.05) is 67.3 Å². The molecule has 1 saturated carbocycles. The highest BCUT2D eigenvalue weighted by molar-refractivity contribution is 7.97. The highest BCUT2D eigenvalue weighted by atomic mass is 35.5. The smallest absolute Gasteiger partial charge is 0.276 e. The average Bonchev–Trinajstić information content (AvgIpc) is 3.39. The molecule has 40 heavy (non-hydrogen) atoms. The lowest BCUT2D eigenvalue weighted by Gasteiger charge is -2.36. The van der Waals surface area contributed by atoms with Crippen molar-refractivity contribution in [1.29, 1.82) is 0 Å². The number of piperazine rings is 1. The van der Waals surface area contributed by atoms with Gasteiger partial charge in [0.1, 0.15) is 11.0 Å². The number of pyridine rings is 1. The van der Waals surface area contributed by atoms with E-state index in [1.807, 2.05) is 21.9 Å². The maximum Gasteiger partial charge on any atom is 0.276 e. The Hall–Kier alpha value is -1.98. The third-order valence-electron chi connectivity index (χ3n) is 8.24. The van der Waals surface area contributed by atoms with E-state index in [2.05, 4.69) is 26.7 Å². The molecule has 2 saturated heterocycles. The van der Waals surface area contributed by atoms with Crippen molar-refractivity contribution < 1.29 is 13.6 Å². The van der Waals surface area contributed by atoms with Gasteiger partial charge in [0.25, 0.3) is 5.92 Å². The van der Waals surface area contributed by atoms with Crippen LogP contribution in [0.3, 0.4) is 0 Å². The van der Waals surface area contributed by atoms with Gasteiger partial charge in [-0.15, -0.1) is 0 Å². The number of halogens is 3. The Bertz CT molecular complexity index is 1140. The molecule has 218 valence electrons. The first-order chi connectivity index (χ1) is 19.3. The minimum Gasteiger partial charge on any atom is -0.354 e. The van der Waals surface area contributed by atoms with Crippen molar-refractivity contribution in [2.45, 2.75) is 61.8 Å². The summed E-state index contributed by atoms with van der Waals surface area (Å²) in [5, 5.41) is 3.56. The molecule has 3 N–H and O–H groups in total. The largest absolute Gasteiger partial charge is 0.354 e. The fourth-order valence-electron chi connectivity index (χ4n) is 5.91. The first-order valence-corrected chi connectivity index (χ1v) is 15.6. The first-order valence-electron chi connectivity index (χ1n) is 14.4. The number of nitrogens with zero attached hydrogens (tertiary/aromatic N) is 4. The van der Waals surface area contributed by atoms with Crippen LogP contribution in [0.5, 0.6) is 0 Å². The zero-order chi connectivity index (χ0) is 28.1. The van der Waals surface area contributed by atoms with E-state index in [9.17, 15) is 4.79 Å². The second-order valence-electron chi connectivity index (χ2n) is 11.0. The van der Waals surface area contributed by atoms with Gasteiger partial charge >= 0.3 is 0 Å². The van der Waals surface area contributed by atoms with Gasteiger partial charge in [-0.1, -0.05) is 11.6 Å². The Labute approximate surface area is 244 Å². The number of benzene rings is 1. The summed E-state index contributed by atoms with van der Waals surface area (Å²) in [7, 11) is 0. The molecule has 1 aromatic heterocycles. The van der Waals surface area contributed by atoms with Gasteiger partial charge in [-0.2, -0.15) is 0 Å². The van der Waals surface area contributed by atoms with Crippen LogP contribution in [0.1, 0.15) is 50.5 Å². The van der Waals surface area contributed by atoms with Crippen LogP contribution in [-0.4, -0.2) is 67.1 Å². The predicted molar refractivity (Wildman–Crippen MR) is 158 cm³/mol. The number of carbonyl (C=O) groups excluding carboxylic acids is 1. The summed E-state index contributed by atoms with van der Waals surface area (Å²) in [6.07, 6.45) is 4.88. The number of anilines is 2. The third kappa shape index (κ3) is 7.07. The molecule has 0 radical (unpaired) electrons. The van der Waals surface area contributed by atoms with Crippen LogP contribution in [0, 0.1) is 5.92 Å². The lowest BCUT2D eigenvalue weighted by atomic mass is 9.80. The molecular formula is C29H39ClF2N6OS. The van der Waals surface area contributed by atoms with E-state index in [0.717, 1.165) is 62.4 Å². The molecule has 2 aliphatic heterocycles. The molecular weight excluding hydrogens is 554 g/mol. The average molecular weight is 593 g/mol. The molecule has 0 bridgehead atoms. The third-order valence-corrected chi connectivity index (χ3v) is 9.54. The van der Waals surface area contributed by atoms with Crippen molar-refractivity contribution in [3.8, 4) is 0 Å². The number of amides is 1. The number of carbonyl (C=O) groups is 1. The minimum absolute atomic E-state index is 0.0320. The first kappa shape index (κ1) is 29.5. The molecule has 1 aromatic carbocycles. The Morgan fingerprint density at radius 3 is 2.42 bits per heavy atom. The fraction of sp³-hybridized carbons (Fsp3) is 0.586. The van der Waals surface area contributed by atoms with Gasteiger partial charge in [0.05, 0.1) is 0 Å². The number of nitrogens with two attached hydrogens (primary N) is 1. The number of aromatic nitrogens is 1. The molecule has 5 rings (SSSR count). The standard InChI is InChI=1S/C29H39ClF2N6OS/c30-26-19-22(29(31,32)21-4-6-23(7-5-21)34-13-2-12-33)20-27(35-26)36-15-17-37(18-16-36)40-25-10-8-24(9-11-25)38-14-1-3-28(38)39/h8-11,19-21,23,34H,1-7,12-18,33H2. The number of hydrogen-bond donors (Lipinski definition) is 2. The Kier molecular flexibility index (Phi) is 9.84.